The lowest BCUT2D eigenvalue weighted by Crippen LogP contribution is -2.37. The summed E-state index contributed by atoms with van der Waals surface area (Å²) in [5.74, 6) is 3.14. The van der Waals surface area contributed by atoms with E-state index in [9.17, 15) is 0 Å². The first-order valence-electron chi connectivity index (χ1n) is 8.17. The van der Waals surface area contributed by atoms with Crippen LogP contribution in [0, 0.1) is 17.3 Å². The molecule has 2 unspecified atom stereocenters. The third kappa shape index (κ3) is 3.48. The van der Waals surface area contributed by atoms with Crippen LogP contribution in [0.25, 0.3) is 0 Å². The Morgan fingerprint density at radius 3 is 2.74 bits per heavy atom. The summed E-state index contributed by atoms with van der Waals surface area (Å²) >= 11 is 1.99. The Hall–Kier alpha value is -0.180. The molecule has 3 heteroatoms. The number of amidine groups is 1. The van der Waals surface area contributed by atoms with Gasteiger partial charge in [-0.15, -0.1) is 0 Å². The minimum absolute atomic E-state index is 0.565. The van der Waals surface area contributed by atoms with E-state index in [2.05, 4.69) is 12.2 Å². The fourth-order valence-electron chi connectivity index (χ4n) is 4.01. The molecular weight excluding hydrogens is 252 g/mol. The van der Waals surface area contributed by atoms with Gasteiger partial charge in [-0.3, -0.25) is 4.99 Å². The van der Waals surface area contributed by atoms with Gasteiger partial charge in [0, 0.05) is 18.8 Å². The fourth-order valence-corrected chi connectivity index (χ4v) is 5.17. The van der Waals surface area contributed by atoms with E-state index >= 15 is 0 Å². The molecular formula is C16H28N2S. The zero-order chi connectivity index (χ0) is 13.1. The molecule has 0 aromatic carbocycles. The predicted octanol–water partition coefficient (Wildman–Crippen LogP) is 4.07. The van der Waals surface area contributed by atoms with Crippen molar-refractivity contribution in [3.05, 3.63) is 0 Å². The van der Waals surface area contributed by atoms with Gasteiger partial charge in [0.25, 0.3) is 0 Å². The van der Waals surface area contributed by atoms with Crippen LogP contribution in [-0.2, 0) is 0 Å². The third-order valence-electron chi connectivity index (χ3n) is 5.33. The Kier molecular flexibility index (Phi) is 4.40. The zero-order valence-corrected chi connectivity index (χ0v) is 13.1. The maximum absolute atomic E-state index is 4.85. The molecule has 0 amide bonds. The van der Waals surface area contributed by atoms with Crippen molar-refractivity contribution in [2.75, 3.05) is 18.8 Å². The second-order valence-corrected chi connectivity index (χ2v) is 8.10. The number of rotatable bonds is 2. The van der Waals surface area contributed by atoms with Crippen LogP contribution in [0.2, 0.25) is 0 Å². The molecule has 0 saturated heterocycles. The number of aliphatic imine (C=N–C) groups is 1. The van der Waals surface area contributed by atoms with Gasteiger partial charge < -0.3 is 5.32 Å². The number of hydrogen-bond donors (Lipinski definition) is 1. The van der Waals surface area contributed by atoms with Crippen molar-refractivity contribution in [2.45, 2.75) is 58.3 Å². The predicted molar refractivity (Wildman–Crippen MR) is 84.8 cm³/mol. The Balaban J connectivity index is 1.45. The summed E-state index contributed by atoms with van der Waals surface area (Å²) in [6.45, 7) is 4.63. The topological polar surface area (TPSA) is 24.4 Å². The first-order chi connectivity index (χ1) is 9.26. The van der Waals surface area contributed by atoms with Crippen molar-refractivity contribution in [3.8, 4) is 0 Å². The molecule has 0 aromatic heterocycles. The summed E-state index contributed by atoms with van der Waals surface area (Å²) in [5, 5.41) is 4.85. The highest BCUT2D eigenvalue weighted by Crippen LogP contribution is 2.41. The van der Waals surface area contributed by atoms with Crippen LogP contribution < -0.4 is 5.32 Å². The van der Waals surface area contributed by atoms with E-state index in [4.69, 9.17) is 4.99 Å². The van der Waals surface area contributed by atoms with E-state index in [0.717, 1.165) is 24.9 Å². The monoisotopic (exact) mass is 280 g/mol. The SMILES string of the molecule is CC1CCC(CNC2=NCC3(CCCCC3)CS2)C1. The summed E-state index contributed by atoms with van der Waals surface area (Å²) in [6, 6.07) is 0. The van der Waals surface area contributed by atoms with Crippen LogP contribution in [0.5, 0.6) is 0 Å². The minimum Gasteiger partial charge on any atom is -0.365 e. The second kappa shape index (κ2) is 6.07. The fraction of sp³-hybridized carbons (Fsp3) is 0.938. The molecule has 2 atom stereocenters. The standard InChI is InChI=1S/C16H28N2S/c1-13-5-6-14(9-13)10-17-15-18-11-16(12-19-15)7-3-2-4-8-16/h13-14H,2-12H2,1H3,(H,17,18). The van der Waals surface area contributed by atoms with Gasteiger partial charge >= 0.3 is 0 Å². The number of thioether (sulfide) groups is 1. The average molecular weight is 280 g/mol. The molecule has 0 radical (unpaired) electrons. The van der Waals surface area contributed by atoms with Crippen molar-refractivity contribution >= 4 is 16.9 Å². The highest BCUT2D eigenvalue weighted by atomic mass is 32.2. The molecule has 1 spiro atoms. The van der Waals surface area contributed by atoms with Gasteiger partial charge in [0.1, 0.15) is 0 Å². The van der Waals surface area contributed by atoms with Crippen molar-refractivity contribution in [2.24, 2.45) is 22.2 Å². The van der Waals surface area contributed by atoms with Gasteiger partial charge in [0.05, 0.1) is 0 Å². The maximum Gasteiger partial charge on any atom is 0.156 e. The van der Waals surface area contributed by atoms with E-state index in [0.29, 0.717) is 5.41 Å². The van der Waals surface area contributed by atoms with E-state index in [1.165, 1.54) is 62.3 Å². The summed E-state index contributed by atoms with van der Waals surface area (Å²) in [6.07, 6.45) is 11.4. The lowest BCUT2D eigenvalue weighted by molar-refractivity contribution is 0.232. The zero-order valence-electron chi connectivity index (χ0n) is 12.3. The van der Waals surface area contributed by atoms with Crippen molar-refractivity contribution in [3.63, 3.8) is 0 Å². The molecule has 2 aliphatic carbocycles. The summed E-state index contributed by atoms with van der Waals surface area (Å²) in [7, 11) is 0. The van der Waals surface area contributed by atoms with E-state index in [1.54, 1.807) is 0 Å². The molecule has 2 nitrogen and oxygen atoms in total. The molecule has 0 aromatic rings. The van der Waals surface area contributed by atoms with Crippen molar-refractivity contribution in [1.29, 1.82) is 0 Å². The second-order valence-electron chi connectivity index (χ2n) is 7.14. The largest absolute Gasteiger partial charge is 0.365 e. The smallest absolute Gasteiger partial charge is 0.156 e. The lowest BCUT2D eigenvalue weighted by Gasteiger charge is -2.38. The first kappa shape index (κ1) is 13.8. The molecule has 1 N–H and O–H groups in total. The molecule has 0 bridgehead atoms. The molecule has 3 rings (SSSR count). The van der Waals surface area contributed by atoms with Gasteiger partial charge in [-0.1, -0.05) is 44.4 Å². The Morgan fingerprint density at radius 2 is 2.11 bits per heavy atom. The summed E-state index contributed by atoms with van der Waals surface area (Å²) < 4.78 is 0. The molecule has 19 heavy (non-hydrogen) atoms. The van der Waals surface area contributed by atoms with Crippen LogP contribution in [0.3, 0.4) is 0 Å². The summed E-state index contributed by atoms with van der Waals surface area (Å²) in [4.78, 5) is 4.85. The van der Waals surface area contributed by atoms with E-state index in [-0.39, 0.29) is 0 Å². The van der Waals surface area contributed by atoms with Crippen molar-refractivity contribution < 1.29 is 0 Å². The van der Waals surface area contributed by atoms with Gasteiger partial charge in [0.2, 0.25) is 0 Å². The average Bonchev–Trinajstić information content (AvgIpc) is 2.85. The van der Waals surface area contributed by atoms with Gasteiger partial charge in [0.15, 0.2) is 5.17 Å². The molecule has 3 aliphatic rings. The summed E-state index contributed by atoms with van der Waals surface area (Å²) in [5.41, 5.74) is 0.565. The molecule has 1 heterocycles. The van der Waals surface area contributed by atoms with Crippen LogP contribution in [0.1, 0.15) is 58.3 Å². The maximum atomic E-state index is 4.85. The van der Waals surface area contributed by atoms with E-state index < -0.39 is 0 Å². The Morgan fingerprint density at radius 1 is 1.26 bits per heavy atom. The van der Waals surface area contributed by atoms with Gasteiger partial charge in [-0.2, -0.15) is 0 Å². The van der Waals surface area contributed by atoms with Crippen LogP contribution >= 0.6 is 11.8 Å². The number of nitrogens with zero attached hydrogens (tertiary/aromatic N) is 1. The van der Waals surface area contributed by atoms with Crippen molar-refractivity contribution in [1.82, 2.24) is 5.32 Å². The first-order valence-corrected chi connectivity index (χ1v) is 9.15. The molecule has 1 aliphatic heterocycles. The highest BCUT2D eigenvalue weighted by Gasteiger charge is 2.35. The van der Waals surface area contributed by atoms with Crippen LogP contribution in [0.15, 0.2) is 4.99 Å². The molecule has 2 saturated carbocycles. The Labute approximate surface area is 122 Å². The Bertz CT molecular complexity index is 334. The van der Waals surface area contributed by atoms with Crippen LogP contribution in [-0.4, -0.2) is 24.0 Å². The number of hydrogen-bond acceptors (Lipinski definition) is 3. The number of nitrogens with one attached hydrogen (secondary N) is 1. The molecule has 2 fully saturated rings. The normalized spacial score (nSPS) is 34.3. The van der Waals surface area contributed by atoms with E-state index in [1.807, 2.05) is 11.8 Å². The highest BCUT2D eigenvalue weighted by molar-refractivity contribution is 8.13. The van der Waals surface area contributed by atoms with Gasteiger partial charge in [-0.25, -0.2) is 0 Å². The lowest BCUT2D eigenvalue weighted by atomic mass is 9.75. The molecule has 108 valence electrons. The quantitative estimate of drug-likeness (QED) is 0.824. The minimum atomic E-state index is 0.565. The van der Waals surface area contributed by atoms with Gasteiger partial charge in [-0.05, 0) is 42.9 Å². The van der Waals surface area contributed by atoms with Crippen LogP contribution in [0.4, 0.5) is 0 Å². The third-order valence-corrected chi connectivity index (χ3v) is 6.64.